The van der Waals surface area contributed by atoms with E-state index in [2.05, 4.69) is 20.8 Å². The van der Waals surface area contributed by atoms with E-state index in [1.165, 1.54) is 11.3 Å². The molecule has 1 aromatic heterocycles. The molecule has 6 nitrogen and oxygen atoms in total. The second-order valence-corrected chi connectivity index (χ2v) is 7.14. The number of nitrogens with one attached hydrogen (secondary N) is 2. The predicted molar refractivity (Wildman–Crippen MR) is 101 cm³/mol. The number of hydrogen-bond donors (Lipinski definition) is 2. The second-order valence-electron chi connectivity index (χ2n) is 6.13. The van der Waals surface area contributed by atoms with Gasteiger partial charge in [-0.3, -0.25) is 14.9 Å². The Bertz CT molecular complexity index is 721. The maximum Gasteiger partial charge on any atom is 0.257 e. The first-order chi connectivity index (χ1) is 11.9. The molecule has 0 aliphatic rings. The number of amides is 2. The van der Waals surface area contributed by atoms with Crippen LogP contribution in [-0.4, -0.2) is 22.0 Å². The molecule has 0 aliphatic heterocycles. The second kappa shape index (κ2) is 8.71. The molecule has 0 saturated carbocycles. The van der Waals surface area contributed by atoms with Gasteiger partial charge in [-0.15, -0.1) is 10.2 Å². The SMILES string of the molecule is CCC(CC)C(=O)Nc1ccc(C(=O)Nc2nnc(C(C)C)s2)cc1. The summed E-state index contributed by atoms with van der Waals surface area (Å²) >= 11 is 1.37. The zero-order chi connectivity index (χ0) is 18.4. The van der Waals surface area contributed by atoms with Crippen LogP contribution in [0.25, 0.3) is 0 Å². The molecule has 25 heavy (non-hydrogen) atoms. The van der Waals surface area contributed by atoms with Gasteiger partial charge in [0, 0.05) is 23.1 Å². The number of benzene rings is 1. The van der Waals surface area contributed by atoms with Gasteiger partial charge >= 0.3 is 0 Å². The van der Waals surface area contributed by atoms with Crippen LogP contribution in [0.2, 0.25) is 0 Å². The first-order valence-corrected chi connectivity index (χ1v) is 9.31. The molecule has 0 atom stereocenters. The summed E-state index contributed by atoms with van der Waals surface area (Å²) in [6.45, 7) is 8.06. The highest BCUT2D eigenvalue weighted by molar-refractivity contribution is 7.15. The monoisotopic (exact) mass is 360 g/mol. The lowest BCUT2D eigenvalue weighted by atomic mass is 10.0. The molecule has 2 rings (SSSR count). The first kappa shape index (κ1) is 19.1. The fourth-order valence-corrected chi connectivity index (χ4v) is 3.04. The van der Waals surface area contributed by atoms with Crippen LogP contribution in [-0.2, 0) is 4.79 Å². The third-order valence-corrected chi connectivity index (χ3v) is 5.07. The Morgan fingerprint density at radius 2 is 1.68 bits per heavy atom. The van der Waals surface area contributed by atoms with Crippen molar-refractivity contribution in [3.8, 4) is 0 Å². The zero-order valence-electron chi connectivity index (χ0n) is 15.0. The minimum Gasteiger partial charge on any atom is -0.326 e. The Balaban J connectivity index is 1.98. The van der Waals surface area contributed by atoms with Gasteiger partial charge in [0.1, 0.15) is 5.01 Å². The largest absolute Gasteiger partial charge is 0.326 e. The number of carbonyl (C=O) groups excluding carboxylic acids is 2. The molecule has 2 amide bonds. The topological polar surface area (TPSA) is 84.0 Å². The van der Waals surface area contributed by atoms with Crippen LogP contribution in [0.5, 0.6) is 0 Å². The van der Waals surface area contributed by atoms with E-state index in [0.29, 0.717) is 16.4 Å². The van der Waals surface area contributed by atoms with Crippen LogP contribution in [0, 0.1) is 5.92 Å². The van der Waals surface area contributed by atoms with Crippen molar-refractivity contribution < 1.29 is 9.59 Å². The number of rotatable bonds is 7. The van der Waals surface area contributed by atoms with E-state index in [1.54, 1.807) is 24.3 Å². The van der Waals surface area contributed by atoms with Gasteiger partial charge in [0.15, 0.2) is 0 Å². The fraction of sp³-hybridized carbons (Fsp3) is 0.444. The quantitative estimate of drug-likeness (QED) is 0.771. The van der Waals surface area contributed by atoms with Crippen LogP contribution in [0.15, 0.2) is 24.3 Å². The fourth-order valence-electron chi connectivity index (χ4n) is 2.30. The van der Waals surface area contributed by atoms with Gasteiger partial charge in [-0.05, 0) is 37.1 Å². The summed E-state index contributed by atoms with van der Waals surface area (Å²) < 4.78 is 0. The number of carbonyl (C=O) groups is 2. The molecule has 0 spiro atoms. The summed E-state index contributed by atoms with van der Waals surface area (Å²) in [6, 6.07) is 6.83. The molecule has 2 N–H and O–H groups in total. The maximum absolute atomic E-state index is 12.3. The van der Waals surface area contributed by atoms with Crippen molar-refractivity contribution >= 4 is 34.0 Å². The number of aromatic nitrogens is 2. The van der Waals surface area contributed by atoms with E-state index in [1.807, 2.05) is 27.7 Å². The van der Waals surface area contributed by atoms with Crippen LogP contribution in [0.1, 0.15) is 61.8 Å². The van der Waals surface area contributed by atoms with Crippen LogP contribution >= 0.6 is 11.3 Å². The molecule has 0 aliphatic carbocycles. The van der Waals surface area contributed by atoms with Crippen molar-refractivity contribution in [2.45, 2.75) is 46.5 Å². The minimum atomic E-state index is -0.246. The van der Waals surface area contributed by atoms with Gasteiger partial charge in [0.25, 0.3) is 5.91 Å². The molecule has 1 heterocycles. The molecule has 134 valence electrons. The summed E-state index contributed by atoms with van der Waals surface area (Å²) in [7, 11) is 0. The Morgan fingerprint density at radius 3 is 2.20 bits per heavy atom. The third kappa shape index (κ3) is 5.09. The smallest absolute Gasteiger partial charge is 0.257 e. The number of nitrogens with zero attached hydrogens (tertiary/aromatic N) is 2. The van der Waals surface area contributed by atoms with E-state index in [0.717, 1.165) is 17.8 Å². The van der Waals surface area contributed by atoms with Crippen molar-refractivity contribution in [1.82, 2.24) is 10.2 Å². The zero-order valence-corrected chi connectivity index (χ0v) is 15.8. The Morgan fingerprint density at radius 1 is 1.04 bits per heavy atom. The van der Waals surface area contributed by atoms with E-state index in [9.17, 15) is 9.59 Å². The van der Waals surface area contributed by atoms with Gasteiger partial charge < -0.3 is 5.32 Å². The molecule has 0 saturated heterocycles. The van der Waals surface area contributed by atoms with E-state index < -0.39 is 0 Å². The molecular weight excluding hydrogens is 336 g/mol. The molecule has 1 aromatic carbocycles. The average Bonchev–Trinajstić information content (AvgIpc) is 3.05. The van der Waals surface area contributed by atoms with E-state index in [-0.39, 0.29) is 23.7 Å². The highest BCUT2D eigenvalue weighted by Crippen LogP contribution is 2.23. The lowest BCUT2D eigenvalue weighted by Crippen LogP contribution is -2.21. The van der Waals surface area contributed by atoms with Crippen molar-refractivity contribution in [2.24, 2.45) is 5.92 Å². The van der Waals surface area contributed by atoms with Gasteiger partial charge in [-0.1, -0.05) is 39.0 Å². The van der Waals surface area contributed by atoms with Gasteiger partial charge in [-0.25, -0.2) is 0 Å². The lowest BCUT2D eigenvalue weighted by Gasteiger charge is -2.12. The van der Waals surface area contributed by atoms with Crippen molar-refractivity contribution in [1.29, 1.82) is 0 Å². The molecule has 7 heteroatoms. The van der Waals surface area contributed by atoms with Crippen LogP contribution in [0.3, 0.4) is 0 Å². The highest BCUT2D eigenvalue weighted by atomic mass is 32.1. The average molecular weight is 360 g/mol. The maximum atomic E-state index is 12.3. The van der Waals surface area contributed by atoms with E-state index in [4.69, 9.17) is 0 Å². The molecule has 0 bridgehead atoms. The van der Waals surface area contributed by atoms with Gasteiger partial charge in [0.2, 0.25) is 11.0 Å². The summed E-state index contributed by atoms with van der Waals surface area (Å²) in [5.74, 6) is 0.0539. The first-order valence-electron chi connectivity index (χ1n) is 8.50. The van der Waals surface area contributed by atoms with Crippen LogP contribution < -0.4 is 10.6 Å². The normalized spacial score (nSPS) is 11.0. The predicted octanol–water partition coefficient (Wildman–Crippen LogP) is 4.29. The minimum absolute atomic E-state index is 0.00975. The summed E-state index contributed by atoms with van der Waals surface area (Å²) in [5, 5.41) is 15.0. The van der Waals surface area contributed by atoms with Crippen molar-refractivity contribution in [3.63, 3.8) is 0 Å². The molecule has 0 fully saturated rings. The van der Waals surface area contributed by atoms with E-state index >= 15 is 0 Å². The van der Waals surface area contributed by atoms with Crippen LogP contribution in [0.4, 0.5) is 10.8 Å². The Hall–Kier alpha value is -2.28. The molecular formula is C18H24N4O2S. The number of anilines is 2. The molecule has 0 radical (unpaired) electrons. The lowest BCUT2D eigenvalue weighted by molar-refractivity contribution is -0.120. The standard InChI is InChI=1S/C18H24N4O2S/c1-5-12(6-2)15(23)19-14-9-7-13(8-10-14)16(24)20-18-22-21-17(25-18)11(3)4/h7-12H,5-6H2,1-4H3,(H,19,23)(H,20,22,24). The summed E-state index contributed by atoms with van der Waals surface area (Å²) in [6.07, 6.45) is 1.62. The third-order valence-electron chi connectivity index (χ3n) is 3.93. The molecule has 0 unspecified atom stereocenters. The summed E-state index contributed by atoms with van der Waals surface area (Å²) in [4.78, 5) is 24.4. The number of hydrogen-bond acceptors (Lipinski definition) is 5. The van der Waals surface area contributed by atoms with Gasteiger partial charge in [-0.2, -0.15) is 0 Å². The molecule has 2 aromatic rings. The summed E-state index contributed by atoms with van der Waals surface area (Å²) in [5.41, 5.74) is 1.19. The van der Waals surface area contributed by atoms with Gasteiger partial charge in [0.05, 0.1) is 0 Å². The Labute approximate surface area is 152 Å². The highest BCUT2D eigenvalue weighted by Gasteiger charge is 2.15. The Kier molecular flexibility index (Phi) is 6.64. The van der Waals surface area contributed by atoms with Crippen molar-refractivity contribution in [2.75, 3.05) is 10.6 Å². The van der Waals surface area contributed by atoms with Crippen molar-refractivity contribution in [3.05, 3.63) is 34.8 Å².